The second-order valence-electron chi connectivity index (χ2n) is 4.11. The Morgan fingerprint density at radius 3 is 2.28 bits per heavy atom. The van der Waals surface area contributed by atoms with Gasteiger partial charge in [-0.1, -0.05) is 54.6 Å². The molecule has 0 aliphatic carbocycles. The third-order valence-electron chi connectivity index (χ3n) is 2.85. The van der Waals surface area contributed by atoms with Crippen molar-refractivity contribution >= 4 is 6.09 Å². The summed E-state index contributed by atoms with van der Waals surface area (Å²) >= 11 is 0. The average Bonchev–Trinajstić information content (AvgIpc) is 2.39. The van der Waals surface area contributed by atoms with Gasteiger partial charge in [0.15, 0.2) is 0 Å². The lowest BCUT2D eigenvalue weighted by molar-refractivity contribution is 0.165. The smallest absolute Gasteiger partial charge is 0.312 e. The average molecular weight is 240 g/mol. The maximum Gasteiger partial charge on any atom is 0.451 e. The third-order valence-corrected chi connectivity index (χ3v) is 2.85. The fourth-order valence-corrected chi connectivity index (χ4v) is 2.01. The summed E-state index contributed by atoms with van der Waals surface area (Å²) in [6, 6.07) is 17.3. The molecule has 2 rings (SSSR count). The molecule has 91 valence electrons. The molecular formula is C15H14NO2. The van der Waals surface area contributed by atoms with Crippen molar-refractivity contribution in [3.05, 3.63) is 60.2 Å². The highest BCUT2D eigenvalue weighted by molar-refractivity contribution is 5.70. The van der Waals surface area contributed by atoms with Crippen LogP contribution in [0.5, 0.6) is 0 Å². The third kappa shape index (κ3) is 2.69. The van der Waals surface area contributed by atoms with Gasteiger partial charge in [0.25, 0.3) is 0 Å². The SMILES string of the molecule is CC(NC([O])=O)c1ccccc1-c1ccccc1. The van der Waals surface area contributed by atoms with Gasteiger partial charge in [0.1, 0.15) is 0 Å². The van der Waals surface area contributed by atoms with Crippen LogP contribution in [0.1, 0.15) is 18.5 Å². The fourth-order valence-electron chi connectivity index (χ4n) is 2.01. The van der Waals surface area contributed by atoms with E-state index in [0.29, 0.717) is 0 Å². The molecule has 0 aliphatic heterocycles. The summed E-state index contributed by atoms with van der Waals surface area (Å²) in [5.74, 6) is 0. The van der Waals surface area contributed by atoms with Gasteiger partial charge in [0, 0.05) is 0 Å². The highest BCUT2D eigenvalue weighted by Crippen LogP contribution is 2.27. The Morgan fingerprint density at radius 1 is 1.00 bits per heavy atom. The minimum atomic E-state index is -1.26. The Morgan fingerprint density at radius 2 is 1.61 bits per heavy atom. The molecule has 0 fully saturated rings. The Bertz CT molecular complexity index is 537. The van der Waals surface area contributed by atoms with E-state index in [9.17, 15) is 9.90 Å². The first kappa shape index (κ1) is 12.2. The van der Waals surface area contributed by atoms with Crippen molar-refractivity contribution in [1.82, 2.24) is 5.32 Å². The molecule has 0 aliphatic rings. The summed E-state index contributed by atoms with van der Waals surface area (Å²) in [4.78, 5) is 10.6. The van der Waals surface area contributed by atoms with Gasteiger partial charge in [-0.25, -0.2) is 9.90 Å². The molecule has 1 unspecified atom stereocenters. The number of nitrogens with one attached hydrogen (secondary N) is 1. The molecular weight excluding hydrogens is 226 g/mol. The number of hydrogen-bond donors (Lipinski definition) is 1. The number of amides is 1. The van der Waals surface area contributed by atoms with E-state index in [0.717, 1.165) is 16.7 Å². The number of carbonyl (C=O) groups is 1. The van der Waals surface area contributed by atoms with Gasteiger partial charge in [0.05, 0.1) is 6.04 Å². The van der Waals surface area contributed by atoms with E-state index in [2.05, 4.69) is 5.32 Å². The van der Waals surface area contributed by atoms with E-state index in [1.807, 2.05) is 54.6 Å². The molecule has 1 amide bonds. The minimum Gasteiger partial charge on any atom is -0.312 e. The van der Waals surface area contributed by atoms with Crippen molar-refractivity contribution in [2.45, 2.75) is 13.0 Å². The maximum absolute atomic E-state index is 10.6. The second kappa shape index (κ2) is 5.36. The number of rotatable bonds is 3. The summed E-state index contributed by atoms with van der Waals surface area (Å²) < 4.78 is 0. The Kier molecular flexibility index (Phi) is 3.63. The summed E-state index contributed by atoms with van der Waals surface area (Å²) in [6.07, 6.45) is -1.26. The molecule has 1 radical (unpaired) electrons. The molecule has 18 heavy (non-hydrogen) atoms. The van der Waals surface area contributed by atoms with Gasteiger partial charge in [-0.05, 0) is 23.6 Å². The van der Waals surface area contributed by atoms with E-state index < -0.39 is 6.09 Å². The lowest BCUT2D eigenvalue weighted by atomic mass is 9.96. The van der Waals surface area contributed by atoms with E-state index in [1.54, 1.807) is 6.92 Å². The van der Waals surface area contributed by atoms with E-state index in [-0.39, 0.29) is 6.04 Å². The molecule has 2 aromatic rings. The van der Waals surface area contributed by atoms with Crippen molar-refractivity contribution in [3.8, 4) is 11.1 Å². The zero-order chi connectivity index (χ0) is 13.0. The van der Waals surface area contributed by atoms with Crippen LogP contribution >= 0.6 is 0 Å². The van der Waals surface area contributed by atoms with Gasteiger partial charge < -0.3 is 5.32 Å². The molecule has 0 spiro atoms. The highest BCUT2D eigenvalue weighted by atomic mass is 16.4. The van der Waals surface area contributed by atoms with Crippen LogP contribution in [0.15, 0.2) is 54.6 Å². The second-order valence-corrected chi connectivity index (χ2v) is 4.11. The van der Waals surface area contributed by atoms with E-state index in [4.69, 9.17) is 0 Å². The van der Waals surface area contributed by atoms with Crippen LogP contribution in [0.4, 0.5) is 4.79 Å². The van der Waals surface area contributed by atoms with Gasteiger partial charge >= 0.3 is 6.09 Å². The number of benzene rings is 2. The molecule has 0 heterocycles. The fraction of sp³-hybridized carbons (Fsp3) is 0.133. The summed E-state index contributed by atoms with van der Waals surface area (Å²) in [6.45, 7) is 1.80. The first-order valence-corrected chi connectivity index (χ1v) is 5.80. The Hall–Kier alpha value is -2.29. The molecule has 0 saturated heterocycles. The monoisotopic (exact) mass is 240 g/mol. The van der Waals surface area contributed by atoms with Crippen LogP contribution in [-0.4, -0.2) is 6.09 Å². The predicted octanol–water partition coefficient (Wildman–Crippen LogP) is 3.55. The molecule has 0 aromatic heterocycles. The van der Waals surface area contributed by atoms with Crippen LogP contribution in [0.3, 0.4) is 0 Å². The first-order chi connectivity index (χ1) is 8.68. The van der Waals surface area contributed by atoms with Gasteiger partial charge in [-0.2, -0.15) is 0 Å². The maximum atomic E-state index is 10.6. The van der Waals surface area contributed by atoms with Gasteiger partial charge in [-0.15, -0.1) is 0 Å². The largest absolute Gasteiger partial charge is 0.451 e. The van der Waals surface area contributed by atoms with Crippen molar-refractivity contribution in [1.29, 1.82) is 0 Å². The molecule has 2 aromatic carbocycles. The standard InChI is InChI=1S/C15H14NO2/c1-11(16-15(17)18)13-9-5-6-10-14(13)12-7-3-2-4-8-12/h2-11,16H,1H3. The molecule has 3 heteroatoms. The molecule has 1 N–H and O–H groups in total. The van der Waals surface area contributed by atoms with Crippen LogP contribution in [-0.2, 0) is 5.11 Å². The molecule has 0 saturated carbocycles. The molecule has 0 bridgehead atoms. The van der Waals surface area contributed by atoms with E-state index in [1.165, 1.54) is 0 Å². The molecule has 1 atom stereocenters. The predicted molar refractivity (Wildman–Crippen MR) is 69.5 cm³/mol. The van der Waals surface area contributed by atoms with Crippen LogP contribution in [0.2, 0.25) is 0 Å². The summed E-state index contributed by atoms with van der Waals surface area (Å²) in [5.41, 5.74) is 3.03. The quantitative estimate of drug-likeness (QED) is 0.876. The van der Waals surface area contributed by atoms with Crippen molar-refractivity contribution in [2.75, 3.05) is 0 Å². The zero-order valence-electron chi connectivity index (χ0n) is 10.1. The summed E-state index contributed by atoms with van der Waals surface area (Å²) in [5, 5.41) is 13.0. The highest BCUT2D eigenvalue weighted by Gasteiger charge is 2.13. The first-order valence-electron chi connectivity index (χ1n) is 5.80. The zero-order valence-corrected chi connectivity index (χ0v) is 10.1. The van der Waals surface area contributed by atoms with Crippen LogP contribution in [0.25, 0.3) is 11.1 Å². The van der Waals surface area contributed by atoms with Crippen molar-refractivity contribution in [3.63, 3.8) is 0 Å². The Labute approximate surface area is 106 Å². The van der Waals surface area contributed by atoms with Crippen LogP contribution < -0.4 is 5.32 Å². The topological polar surface area (TPSA) is 49.0 Å². The van der Waals surface area contributed by atoms with Crippen molar-refractivity contribution < 1.29 is 9.90 Å². The Balaban J connectivity index is 2.40. The van der Waals surface area contributed by atoms with Crippen LogP contribution in [0, 0.1) is 0 Å². The van der Waals surface area contributed by atoms with Gasteiger partial charge in [-0.3, -0.25) is 0 Å². The van der Waals surface area contributed by atoms with Gasteiger partial charge in [0.2, 0.25) is 0 Å². The lowest BCUT2D eigenvalue weighted by Gasteiger charge is -2.16. The lowest BCUT2D eigenvalue weighted by Crippen LogP contribution is -2.23. The number of carbonyl (C=O) groups excluding carboxylic acids is 1. The summed E-state index contributed by atoms with van der Waals surface area (Å²) in [7, 11) is 0. The van der Waals surface area contributed by atoms with Crippen molar-refractivity contribution in [2.24, 2.45) is 0 Å². The minimum absolute atomic E-state index is 0.300. The molecule has 3 nitrogen and oxygen atoms in total. The normalized spacial score (nSPS) is 11.8. The number of hydrogen-bond acceptors (Lipinski definition) is 1. The van der Waals surface area contributed by atoms with E-state index >= 15 is 0 Å².